The number of halogens is 1. The summed E-state index contributed by atoms with van der Waals surface area (Å²) in [4.78, 5) is 6.36. The molecule has 2 aromatic rings. The van der Waals surface area contributed by atoms with Crippen LogP contribution in [0.25, 0.3) is 11.5 Å². The van der Waals surface area contributed by atoms with E-state index < -0.39 is 0 Å². The third-order valence-electron chi connectivity index (χ3n) is 3.96. The van der Waals surface area contributed by atoms with Gasteiger partial charge >= 0.3 is 0 Å². The Morgan fingerprint density at radius 2 is 1.86 bits per heavy atom. The number of piperidine rings is 1. The summed E-state index contributed by atoms with van der Waals surface area (Å²) in [7, 11) is 0. The summed E-state index contributed by atoms with van der Waals surface area (Å²) in [5.74, 6) is 1.68. The minimum absolute atomic E-state index is 0.292. The van der Waals surface area contributed by atoms with E-state index in [1.54, 1.807) is 12.1 Å². The highest BCUT2D eigenvalue weighted by Gasteiger charge is 2.27. The SMILES string of the molecule is C[C@@H]1C[C@H](C)CN(c2oc(-c3ccc(F)cc3)nc2C#N)C1. The molecule has 0 saturated carbocycles. The van der Waals surface area contributed by atoms with Crippen molar-refractivity contribution < 1.29 is 8.81 Å². The van der Waals surface area contributed by atoms with Crippen LogP contribution in [0.5, 0.6) is 0 Å². The molecule has 4 nitrogen and oxygen atoms in total. The van der Waals surface area contributed by atoms with Crippen molar-refractivity contribution in [2.45, 2.75) is 20.3 Å². The van der Waals surface area contributed by atoms with Gasteiger partial charge in [0.2, 0.25) is 17.5 Å². The molecule has 2 atom stereocenters. The lowest BCUT2D eigenvalue weighted by Gasteiger charge is -2.34. The molecule has 0 radical (unpaired) electrons. The van der Waals surface area contributed by atoms with Crippen LogP contribution < -0.4 is 4.90 Å². The van der Waals surface area contributed by atoms with Crippen molar-refractivity contribution in [3.63, 3.8) is 0 Å². The number of rotatable bonds is 2. The molecule has 1 fully saturated rings. The largest absolute Gasteiger partial charge is 0.419 e. The summed E-state index contributed by atoms with van der Waals surface area (Å²) < 4.78 is 18.9. The number of benzene rings is 1. The molecule has 2 heterocycles. The fraction of sp³-hybridized carbons (Fsp3) is 0.412. The molecular weight excluding hydrogens is 281 g/mol. The van der Waals surface area contributed by atoms with E-state index in [2.05, 4.69) is 29.8 Å². The maximum Gasteiger partial charge on any atom is 0.235 e. The third kappa shape index (κ3) is 2.82. The van der Waals surface area contributed by atoms with Crippen molar-refractivity contribution in [1.29, 1.82) is 5.26 Å². The molecule has 0 unspecified atom stereocenters. The molecule has 22 heavy (non-hydrogen) atoms. The van der Waals surface area contributed by atoms with Crippen LogP contribution in [0, 0.1) is 29.0 Å². The summed E-state index contributed by atoms with van der Waals surface area (Å²) in [6.07, 6.45) is 1.18. The molecular formula is C17H18FN3O. The van der Waals surface area contributed by atoms with Gasteiger partial charge in [-0.15, -0.1) is 0 Å². The molecule has 5 heteroatoms. The first kappa shape index (κ1) is 14.6. The van der Waals surface area contributed by atoms with E-state index >= 15 is 0 Å². The smallest absolute Gasteiger partial charge is 0.235 e. The molecule has 0 amide bonds. The minimum atomic E-state index is -0.310. The number of oxazole rings is 1. The molecule has 114 valence electrons. The predicted octanol–water partition coefficient (Wildman–Crippen LogP) is 3.83. The first-order valence-corrected chi connectivity index (χ1v) is 7.48. The van der Waals surface area contributed by atoms with E-state index in [0.29, 0.717) is 34.9 Å². The van der Waals surface area contributed by atoms with Gasteiger partial charge < -0.3 is 9.32 Å². The Hall–Kier alpha value is -2.35. The zero-order valence-electron chi connectivity index (χ0n) is 12.7. The van der Waals surface area contributed by atoms with Crippen LogP contribution in [0.3, 0.4) is 0 Å². The van der Waals surface area contributed by atoms with Gasteiger partial charge in [0.05, 0.1) is 0 Å². The van der Waals surface area contributed by atoms with Crippen LogP contribution in [0.2, 0.25) is 0 Å². The molecule has 1 saturated heterocycles. The minimum Gasteiger partial charge on any atom is -0.419 e. The van der Waals surface area contributed by atoms with Crippen molar-refractivity contribution in [3.05, 3.63) is 35.8 Å². The third-order valence-corrected chi connectivity index (χ3v) is 3.96. The van der Waals surface area contributed by atoms with Crippen LogP contribution in [0.4, 0.5) is 10.3 Å². The van der Waals surface area contributed by atoms with Gasteiger partial charge in [-0.2, -0.15) is 10.2 Å². The van der Waals surface area contributed by atoms with Crippen LogP contribution >= 0.6 is 0 Å². The highest BCUT2D eigenvalue weighted by Crippen LogP contribution is 2.32. The predicted molar refractivity (Wildman–Crippen MR) is 81.8 cm³/mol. The van der Waals surface area contributed by atoms with Gasteiger partial charge in [-0.05, 0) is 42.5 Å². The first-order valence-electron chi connectivity index (χ1n) is 7.48. The topological polar surface area (TPSA) is 53.1 Å². The van der Waals surface area contributed by atoms with Gasteiger partial charge in [0.25, 0.3) is 0 Å². The summed E-state index contributed by atoms with van der Waals surface area (Å²) >= 11 is 0. The Kier molecular flexibility index (Phi) is 3.84. The van der Waals surface area contributed by atoms with Crippen LogP contribution in [-0.2, 0) is 0 Å². The average Bonchev–Trinajstić information content (AvgIpc) is 2.91. The maximum absolute atomic E-state index is 13.0. The van der Waals surface area contributed by atoms with Crippen molar-refractivity contribution in [2.75, 3.05) is 18.0 Å². The highest BCUT2D eigenvalue weighted by atomic mass is 19.1. The Balaban J connectivity index is 1.95. The zero-order chi connectivity index (χ0) is 15.7. The molecule has 1 aromatic carbocycles. The second-order valence-electron chi connectivity index (χ2n) is 6.14. The number of aromatic nitrogens is 1. The van der Waals surface area contributed by atoms with E-state index in [1.165, 1.54) is 18.6 Å². The van der Waals surface area contributed by atoms with Crippen molar-refractivity contribution in [2.24, 2.45) is 11.8 Å². The van der Waals surface area contributed by atoms with Crippen LogP contribution in [-0.4, -0.2) is 18.1 Å². The quantitative estimate of drug-likeness (QED) is 0.845. The fourth-order valence-corrected chi connectivity index (χ4v) is 3.14. The van der Waals surface area contributed by atoms with E-state index in [4.69, 9.17) is 4.42 Å². The number of nitrogens with zero attached hydrogens (tertiary/aromatic N) is 3. The van der Waals surface area contributed by atoms with E-state index in [-0.39, 0.29) is 5.82 Å². The van der Waals surface area contributed by atoms with Gasteiger partial charge in [0, 0.05) is 18.7 Å². The average molecular weight is 299 g/mol. The maximum atomic E-state index is 13.0. The molecule has 0 spiro atoms. The van der Waals surface area contributed by atoms with Crippen molar-refractivity contribution in [1.82, 2.24) is 4.98 Å². The summed E-state index contributed by atoms with van der Waals surface area (Å²) in [5.41, 5.74) is 0.961. The van der Waals surface area contributed by atoms with Gasteiger partial charge in [-0.25, -0.2) is 4.39 Å². The second kappa shape index (κ2) is 5.80. The normalized spacial score (nSPS) is 21.6. The Bertz CT molecular complexity index is 692. The summed E-state index contributed by atoms with van der Waals surface area (Å²) in [6, 6.07) is 8.03. The molecule has 1 aliphatic rings. The fourth-order valence-electron chi connectivity index (χ4n) is 3.14. The molecule has 3 rings (SSSR count). The van der Waals surface area contributed by atoms with Crippen LogP contribution in [0.15, 0.2) is 28.7 Å². The lowest BCUT2D eigenvalue weighted by atomic mass is 9.92. The number of hydrogen-bond acceptors (Lipinski definition) is 4. The molecule has 1 aromatic heterocycles. The van der Waals surface area contributed by atoms with E-state index in [1.807, 2.05) is 0 Å². The van der Waals surface area contributed by atoms with Crippen molar-refractivity contribution >= 4 is 5.88 Å². The Labute approximate surface area is 129 Å². The summed E-state index contributed by atoms with van der Waals surface area (Å²) in [5, 5.41) is 9.33. The molecule has 0 aliphatic carbocycles. The zero-order valence-corrected chi connectivity index (χ0v) is 12.7. The highest BCUT2D eigenvalue weighted by molar-refractivity contribution is 5.59. The lowest BCUT2D eigenvalue weighted by molar-refractivity contribution is 0.344. The molecule has 1 aliphatic heterocycles. The second-order valence-corrected chi connectivity index (χ2v) is 6.14. The summed E-state index contributed by atoms with van der Waals surface area (Å²) in [6.45, 7) is 6.12. The van der Waals surface area contributed by atoms with Gasteiger partial charge in [0.1, 0.15) is 11.9 Å². The van der Waals surface area contributed by atoms with Crippen LogP contribution in [0.1, 0.15) is 26.0 Å². The van der Waals surface area contributed by atoms with Gasteiger partial charge in [-0.3, -0.25) is 0 Å². The first-order chi connectivity index (χ1) is 10.6. The van der Waals surface area contributed by atoms with Gasteiger partial charge in [0.15, 0.2) is 0 Å². The number of nitriles is 1. The standard InChI is InChI=1S/C17H18FN3O/c1-11-7-12(2)10-21(9-11)17-15(8-19)20-16(22-17)13-3-5-14(18)6-4-13/h3-6,11-12H,7,9-10H2,1-2H3/t11-,12+. The molecule has 0 N–H and O–H groups in total. The Morgan fingerprint density at radius 3 is 2.45 bits per heavy atom. The van der Waals surface area contributed by atoms with E-state index in [9.17, 15) is 9.65 Å². The monoisotopic (exact) mass is 299 g/mol. The van der Waals surface area contributed by atoms with Gasteiger partial charge in [-0.1, -0.05) is 13.8 Å². The number of hydrogen-bond donors (Lipinski definition) is 0. The molecule has 0 bridgehead atoms. The van der Waals surface area contributed by atoms with E-state index in [0.717, 1.165) is 13.1 Å². The van der Waals surface area contributed by atoms with Crippen molar-refractivity contribution in [3.8, 4) is 17.5 Å². The Morgan fingerprint density at radius 1 is 1.23 bits per heavy atom. The number of anilines is 1. The lowest BCUT2D eigenvalue weighted by Crippen LogP contribution is -2.38.